The first kappa shape index (κ1) is 17.4. The molecule has 0 bridgehead atoms. The summed E-state index contributed by atoms with van der Waals surface area (Å²) in [6, 6.07) is 7.72. The number of benzene rings is 2. The van der Waals surface area contributed by atoms with Crippen LogP contribution in [0.2, 0.25) is 10.0 Å². The number of alkyl halides is 3. The molecule has 0 aliphatic carbocycles. The van der Waals surface area contributed by atoms with Crippen molar-refractivity contribution in [2.45, 2.75) is 6.18 Å². The highest BCUT2D eigenvalue weighted by Crippen LogP contribution is 2.33. The maximum absolute atomic E-state index is 12.4. The second-order valence-corrected chi connectivity index (χ2v) is 5.28. The summed E-state index contributed by atoms with van der Waals surface area (Å²) in [6.45, 7) is 0. The first-order chi connectivity index (χ1) is 10.8. The molecule has 23 heavy (non-hydrogen) atoms. The van der Waals surface area contributed by atoms with Gasteiger partial charge >= 0.3 is 6.18 Å². The van der Waals surface area contributed by atoms with E-state index in [-0.39, 0.29) is 0 Å². The van der Waals surface area contributed by atoms with Gasteiger partial charge in [0, 0.05) is 0 Å². The lowest BCUT2D eigenvalue weighted by Gasteiger charge is -2.07. The summed E-state index contributed by atoms with van der Waals surface area (Å²) >= 11 is 12.0. The van der Waals surface area contributed by atoms with Gasteiger partial charge in [-0.25, -0.2) is 0 Å². The minimum atomic E-state index is -4.36. The number of rotatable bonds is 4. The molecule has 0 aliphatic rings. The maximum atomic E-state index is 12.4. The SMILES string of the molecule is COc1c(Cl)cc(C=NNc2ccc(C(F)(F)F)cc2)cc1Cl. The molecule has 0 saturated carbocycles. The average molecular weight is 363 g/mol. The number of nitrogens with zero attached hydrogens (tertiary/aromatic N) is 1. The Kier molecular flexibility index (Phi) is 5.38. The van der Waals surface area contributed by atoms with Crippen LogP contribution in [0.25, 0.3) is 0 Å². The summed E-state index contributed by atoms with van der Waals surface area (Å²) in [6.07, 6.45) is -2.92. The summed E-state index contributed by atoms with van der Waals surface area (Å²) in [5.74, 6) is 0.362. The molecular weight excluding hydrogens is 352 g/mol. The molecule has 2 rings (SSSR count). The molecule has 8 heteroatoms. The summed E-state index contributed by atoms with van der Waals surface area (Å²) in [5, 5.41) is 4.59. The lowest BCUT2D eigenvalue weighted by Crippen LogP contribution is -2.04. The van der Waals surface area contributed by atoms with Gasteiger partial charge in [0.2, 0.25) is 0 Å². The van der Waals surface area contributed by atoms with Crippen LogP contribution in [-0.4, -0.2) is 13.3 Å². The van der Waals surface area contributed by atoms with Crippen molar-refractivity contribution >= 4 is 35.1 Å². The van der Waals surface area contributed by atoms with Gasteiger partial charge in [-0.05, 0) is 42.0 Å². The fraction of sp³-hybridized carbons (Fsp3) is 0.133. The van der Waals surface area contributed by atoms with Gasteiger partial charge in [-0.3, -0.25) is 5.43 Å². The Morgan fingerprint density at radius 1 is 1.09 bits per heavy atom. The van der Waals surface area contributed by atoms with E-state index in [0.717, 1.165) is 12.1 Å². The number of hydrogen-bond acceptors (Lipinski definition) is 3. The molecular formula is C15H11Cl2F3N2O. The normalized spacial score (nSPS) is 11.7. The van der Waals surface area contributed by atoms with Gasteiger partial charge in [0.25, 0.3) is 0 Å². The number of halogens is 5. The van der Waals surface area contributed by atoms with Crippen LogP contribution in [-0.2, 0) is 6.18 Å². The standard InChI is InChI=1S/C15H11Cl2F3N2O/c1-23-14-12(16)6-9(7-13(14)17)8-21-22-11-4-2-10(3-5-11)15(18,19)20/h2-8,22H,1H3. The molecule has 0 unspecified atom stereocenters. The van der Waals surface area contributed by atoms with Gasteiger partial charge in [0.05, 0.1) is 34.6 Å². The molecule has 0 fully saturated rings. The van der Waals surface area contributed by atoms with Crippen LogP contribution in [0.3, 0.4) is 0 Å². The average Bonchev–Trinajstić information content (AvgIpc) is 2.46. The lowest BCUT2D eigenvalue weighted by atomic mass is 10.2. The van der Waals surface area contributed by atoms with Crippen molar-refractivity contribution in [2.75, 3.05) is 12.5 Å². The van der Waals surface area contributed by atoms with Gasteiger partial charge in [-0.2, -0.15) is 18.3 Å². The van der Waals surface area contributed by atoms with E-state index in [9.17, 15) is 13.2 Å². The molecule has 122 valence electrons. The third-order valence-corrected chi connectivity index (χ3v) is 3.41. The largest absolute Gasteiger partial charge is 0.494 e. The molecule has 0 spiro atoms. The van der Waals surface area contributed by atoms with E-state index in [1.54, 1.807) is 12.1 Å². The minimum Gasteiger partial charge on any atom is -0.494 e. The fourth-order valence-electron chi connectivity index (χ4n) is 1.76. The zero-order valence-corrected chi connectivity index (χ0v) is 13.3. The number of anilines is 1. The molecule has 0 aromatic heterocycles. The number of hydrazone groups is 1. The van der Waals surface area contributed by atoms with Gasteiger partial charge < -0.3 is 4.74 Å². The van der Waals surface area contributed by atoms with Crippen LogP contribution in [0.1, 0.15) is 11.1 Å². The molecule has 0 heterocycles. The van der Waals surface area contributed by atoms with Crippen molar-refractivity contribution in [3.8, 4) is 5.75 Å². The summed E-state index contributed by atoms with van der Waals surface area (Å²) in [7, 11) is 1.45. The number of nitrogens with one attached hydrogen (secondary N) is 1. The number of methoxy groups -OCH3 is 1. The molecule has 0 amide bonds. The van der Waals surface area contributed by atoms with Crippen molar-refractivity contribution in [2.24, 2.45) is 5.10 Å². The summed E-state index contributed by atoms with van der Waals surface area (Å²) < 4.78 is 42.4. The fourth-order valence-corrected chi connectivity index (χ4v) is 2.42. The number of ether oxygens (including phenoxy) is 1. The Hall–Kier alpha value is -1.92. The Labute approximate surface area is 140 Å². The van der Waals surface area contributed by atoms with Gasteiger partial charge in [-0.1, -0.05) is 23.2 Å². The van der Waals surface area contributed by atoms with Crippen molar-refractivity contribution in [1.29, 1.82) is 0 Å². The predicted octanol–water partition coefficient (Wildman–Crippen LogP) is 5.47. The molecule has 2 aromatic rings. The molecule has 0 atom stereocenters. The maximum Gasteiger partial charge on any atom is 0.416 e. The lowest BCUT2D eigenvalue weighted by molar-refractivity contribution is -0.137. The van der Waals surface area contributed by atoms with Gasteiger partial charge in [0.15, 0.2) is 5.75 Å². The van der Waals surface area contributed by atoms with Crippen LogP contribution in [0.5, 0.6) is 5.75 Å². The monoisotopic (exact) mass is 362 g/mol. The second-order valence-electron chi connectivity index (χ2n) is 4.46. The predicted molar refractivity (Wildman–Crippen MR) is 85.7 cm³/mol. The summed E-state index contributed by atoms with van der Waals surface area (Å²) in [5.41, 5.74) is 2.93. The Morgan fingerprint density at radius 2 is 1.65 bits per heavy atom. The molecule has 3 nitrogen and oxygen atoms in total. The Bertz CT molecular complexity index is 693. The van der Waals surface area contributed by atoms with Crippen LogP contribution in [0.4, 0.5) is 18.9 Å². The van der Waals surface area contributed by atoms with Gasteiger partial charge in [-0.15, -0.1) is 0 Å². The van der Waals surface area contributed by atoms with E-state index in [0.29, 0.717) is 27.0 Å². The second kappa shape index (κ2) is 7.10. The third kappa shape index (κ3) is 4.53. The third-order valence-electron chi connectivity index (χ3n) is 2.84. The quantitative estimate of drug-likeness (QED) is 0.578. The van der Waals surface area contributed by atoms with Crippen LogP contribution in [0, 0.1) is 0 Å². The highest BCUT2D eigenvalue weighted by Gasteiger charge is 2.29. The van der Waals surface area contributed by atoms with E-state index in [1.165, 1.54) is 25.5 Å². The van der Waals surface area contributed by atoms with E-state index >= 15 is 0 Å². The van der Waals surface area contributed by atoms with E-state index in [4.69, 9.17) is 27.9 Å². The molecule has 1 N–H and O–H groups in total. The van der Waals surface area contributed by atoms with E-state index < -0.39 is 11.7 Å². The molecule has 0 saturated heterocycles. The highest BCUT2D eigenvalue weighted by molar-refractivity contribution is 6.37. The highest BCUT2D eigenvalue weighted by atomic mass is 35.5. The first-order valence-electron chi connectivity index (χ1n) is 6.30. The van der Waals surface area contributed by atoms with E-state index in [1.807, 2.05) is 0 Å². The first-order valence-corrected chi connectivity index (χ1v) is 7.06. The smallest absolute Gasteiger partial charge is 0.416 e. The molecule has 0 aliphatic heterocycles. The summed E-state index contributed by atoms with van der Waals surface area (Å²) in [4.78, 5) is 0. The molecule has 0 radical (unpaired) electrons. The number of hydrogen-bond donors (Lipinski definition) is 1. The van der Waals surface area contributed by atoms with E-state index in [2.05, 4.69) is 10.5 Å². The van der Waals surface area contributed by atoms with Crippen molar-refractivity contribution < 1.29 is 17.9 Å². The Morgan fingerprint density at radius 3 is 2.13 bits per heavy atom. The van der Waals surface area contributed by atoms with Crippen LogP contribution >= 0.6 is 23.2 Å². The molecule has 2 aromatic carbocycles. The van der Waals surface area contributed by atoms with Crippen molar-refractivity contribution in [3.05, 3.63) is 57.6 Å². The van der Waals surface area contributed by atoms with Crippen molar-refractivity contribution in [3.63, 3.8) is 0 Å². The van der Waals surface area contributed by atoms with Crippen molar-refractivity contribution in [1.82, 2.24) is 0 Å². The van der Waals surface area contributed by atoms with Crippen LogP contribution in [0.15, 0.2) is 41.5 Å². The zero-order chi connectivity index (χ0) is 17.0. The zero-order valence-electron chi connectivity index (χ0n) is 11.8. The minimum absolute atomic E-state index is 0.330. The van der Waals surface area contributed by atoms with Gasteiger partial charge in [0.1, 0.15) is 0 Å². The topological polar surface area (TPSA) is 33.6 Å². The Balaban J connectivity index is 2.07. The van der Waals surface area contributed by atoms with Crippen LogP contribution < -0.4 is 10.2 Å².